The van der Waals surface area contributed by atoms with Crippen LogP contribution >= 0.6 is 11.3 Å². The van der Waals surface area contributed by atoms with E-state index in [-0.39, 0.29) is 17.6 Å². The minimum absolute atomic E-state index is 0.00696. The van der Waals surface area contributed by atoms with Crippen LogP contribution in [0, 0.1) is 10.1 Å². The third-order valence-corrected chi connectivity index (χ3v) is 7.21. The number of nitro groups is 1. The molecule has 34 heavy (non-hydrogen) atoms. The highest BCUT2D eigenvalue weighted by Gasteiger charge is 2.32. The third kappa shape index (κ3) is 3.44. The zero-order valence-electron chi connectivity index (χ0n) is 17.9. The molecule has 0 unspecified atom stereocenters. The van der Waals surface area contributed by atoms with Crippen LogP contribution in [0.1, 0.15) is 27.6 Å². The van der Waals surface area contributed by atoms with Crippen molar-refractivity contribution in [3.05, 3.63) is 98.6 Å². The van der Waals surface area contributed by atoms with Crippen molar-refractivity contribution in [2.75, 3.05) is 6.54 Å². The fourth-order valence-corrected chi connectivity index (χ4v) is 5.60. The van der Waals surface area contributed by atoms with E-state index in [0.29, 0.717) is 28.0 Å². The first-order valence-corrected chi connectivity index (χ1v) is 11.6. The summed E-state index contributed by atoms with van der Waals surface area (Å²) in [5.41, 5.74) is 3.44. The lowest BCUT2D eigenvalue weighted by Gasteiger charge is -2.35. The molecule has 0 bridgehead atoms. The molecule has 0 saturated carbocycles. The van der Waals surface area contributed by atoms with Gasteiger partial charge in [-0.15, -0.1) is 5.10 Å². The van der Waals surface area contributed by atoms with Gasteiger partial charge in [-0.25, -0.2) is 0 Å². The predicted molar refractivity (Wildman–Crippen MR) is 126 cm³/mol. The molecule has 0 fully saturated rings. The van der Waals surface area contributed by atoms with Gasteiger partial charge in [0.2, 0.25) is 16.7 Å². The van der Waals surface area contributed by atoms with Crippen LogP contribution in [0.2, 0.25) is 0 Å². The molecule has 1 aliphatic heterocycles. The number of furan rings is 1. The zero-order chi connectivity index (χ0) is 23.2. The Bertz CT molecular complexity index is 1490. The van der Waals surface area contributed by atoms with E-state index in [4.69, 9.17) is 4.42 Å². The van der Waals surface area contributed by atoms with Crippen molar-refractivity contribution in [2.45, 2.75) is 19.0 Å². The van der Waals surface area contributed by atoms with Gasteiger partial charge in [0.15, 0.2) is 5.76 Å². The number of aromatic nitrogens is 3. The van der Waals surface area contributed by atoms with Gasteiger partial charge in [0.05, 0.1) is 22.1 Å². The second-order valence-corrected chi connectivity index (χ2v) is 9.15. The summed E-state index contributed by atoms with van der Waals surface area (Å²) in [5.74, 6) is 0.931. The van der Waals surface area contributed by atoms with Crippen LogP contribution in [0.15, 0.2) is 71.3 Å². The van der Waals surface area contributed by atoms with Crippen molar-refractivity contribution >= 4 is 22.0 Å². The van der Waals surface area contributed by atoms with E-state index in [0.717, 1.165) is 18.5 Å². The van der Waals surface area contributed by atoms with Gasteiger partial charge in [0.1, 0.15) is 0 Å². The molecule has 3 aromatic heterocycles. The van der Waals surface area contributed by atoms with Crippen LogP contribution in [0.4, 0.5) is 5.69 Å². The maximum Gasteiger partial charge on any atom is 0.269 e. The Morgan fingerprint density at radius 3 is 2.59 bits per heavy atom. The summed E-state index contributed by atoms with van der Waals surface area (Å²) in [6.07, 6.45) is 2.43. The average molecular weight is 474 g/mol. The molecule has 1 atom stereocenters. The van der Waals surface area contributed by atoms with Crippen molar-refractivity contribution in [2.24, 2.45) is 0 Å². The second-order valence-electron chi connectivity index (χ2n) is 8.14. The summed E-state index contributed by atoms with van der Waals surface area (Å²) < 4.78 is 6.81. The molecule has 9 nitrogen and oxygen atoms in total. The first-order valence-electron chi connectivity index (χ1n) is 10.8. The Balaban J connectivity index is 1.44. The van der Waals surface area contributed by atoms with Gasteiger partial charge in [-0.05, 0) is 35.2 Å². The Labute approximate surface area is 197 Å². The van der Waals surface area contributed by atoms with E-state index < -0.39 is 4.92 Å². The molecule has 2 aromatic carbocycles. The van der Waals surface area contributed by atoms with Crippen molar-refractivity contribution < 1.29 is 14.4 Å². The molecule has 1 aliphatic rings. The van der Waals surface area contributed by atoms with E-state index in [1.807, 2.05) is 12.1 Å². The summed E-state index contributed by atoms with van der Waals surface area (Å²) in [4.78, 5) is 18.8. The van der Waals surface area contributed by atoms with Gasteiger partial charge in [-0.3, -0.25) is 15.0 Å². The number of nitro benzene ring substituents is 1. The molecular formula is C24H19N5O4S. The maximum atomic E-state index is 11.2. The highest BCUT2D eigenvalue weighted by Crippen LogP contribution is 2.42. The third-order valence-electron chi connectivity index (χ3n) is 6.13. The number of rotatable bonds is 5. The Hall–Kier alpha value is -4.02. The molecule has 0 aliphatic carbocycles. The SMILES string of the molecule is O=[N+]([O-])c1ccc([C@@H](c2sc3nc(-c4ccco4)nn3c2O)N2CCc3ccccc3C2)cc1. The van der Waals surface area contributed by atoms with Gasteiger partial charge < -0.3 is 9.52 Å². The van der Waals surface area contributed by atoms with Crippen LogP contribution in [-0.4, -0.2) is 36.1 Å². The van der Waals surface area contributed by atoms with Crippen molar-refractivity contribution in [1.29, 1.82) is 0 Å². The van der Waals surface area contributed by atoms with E-state index in [9.17, 15) is 15.2 Å². The summed E-state index contributed by atoms with van der Waals surface area (Å²) >= 11 is 1.35. The number of hydrogen-bond donors (Lipinski definition) is 1. The Morgan fingerprint density at radius 1 is 1.09 bits per heavy atom. The molecule has 0 spiro atoms. The second kappa shape index (κ2) is 8.08. The monoisotopic (exact) mass is 473 g/mol. The van der Waals surface area contributed by atoms with Gasteiger partial charge in [-0.1, -0.05) is 47.7 Å². The molecule has 0 saturated heterocycles. The molecular weight excluding hydrogens is 454 g/mol. The van der Waals surface area contributed by atoms with Crippen molar-refractivity contribution in [1.82, 2.24) is 19.5 Å². The number of thiazole rings is 1. The number of aromatic hydroxyl groups is 1. The summed E-state index contributed by atoms with van der Waals surface area (Å²) in [7, 11) is 0. The maximum absolute atomic E-state index is 11.2. The lowest BCUT2D eigenvalue weighted by molar-refractivity contribution is -0.384. The first-order chi connectivity index (χ1) is 16.6. The van der Waals surface area contributed by atoms with Crippen LogP contribution in [-0.2, 0) is 13.0 Å². The Morgan fingerprint density at radius 2 is 1.88 bits per heavy atom. The fraction of sp³-hybridized carbons (Fsp3) is 0.167. The van der Waals surface area contributed by atoms with Crippen LogP contribution in [0.3, 0.4) is 0 Å². The summed E-state index contributed by atoms with van der Waals surface area (Å²) in [5, 5.41) is 26.8. The van der Waals surface area contributed by atoms with Crippen molar-refractivity contribution in [3.8, 4) is 17.5 Å². The van der Waals surface area contributed by atoms with Crippen molar-refractivity contribution in [3.63, 3.8) is 0 Å². The normalized spacial score (nSPS) is 14.8. The van der Waals surface area contributed by atoms with E-state index in [2.05, 4.69) is 27.1 Å². The summed E-state index contributed by atoms with van der Waals surface area (Å²) in [6.45, 7) is 1.48. The average Bonchev–Trinajstić information content (AvgIpc) is 3.59. The topological polar surface area (TPSA) is 110 Å². The van der Waals surface area contributed by atoms with Crippen LogP contribution < -0.4 is 0 Å². The number of benzene rings is 2. The fourth-order valence-electron chi connectivity index (χ4n) is 4.48. The van der Waals surface area contributed by atoms with Gasteiger partial charge in [0.25, 0.3) is 5.69 Å². The van der Waals surface area contributed by atoms with Gasteiger partial charge in [-0.2, -0.15) is 9.50 Å². The molecule has 4 heterocycles. The molecule has 10 heteroatoms. The zero-order valence-corrected chi connectivity index (χ0v) is 18.7. The highest BCUT2D eigenvalue weighted by molar-refractivity contribution is 7.17. The lowest BCUT2D eigenvalue weighted by atomic mass is 9.95. The van der Waals surface area contributed by atoms with E-state index in [1.54, 1.807) is 30.5 Å². The van der Waals surface area contributed by atoms with Gasteiger partial charge in [0, 0.05) is 25.2 Å². The molecule has 5 aromatic rings. The molecule has 0 amide bonds. The Kier molecular flexibility index (Phi) is 4.89. The quantitative estimate of drug-likeness (QED) is 0.288. The van der Waals surface area contributed by atoms with E-state index in [1.165, 1.54) is 39.1 Å². The first kappa shape index (κ1) is 20.6. The molecule has 0 radical (unpaired) electrons. The lowest BCUT2D eigenvalue weighted by Crippen LogP contribution is -2.34. The number of non-ortho nitro benzene ring substituents is 1. The number of fused-ring (bicyclic) bond motifs is 2. The number of nitrogens with zero attached hydrogens (tertiary/aromatic N) is 5. The largest absolute Gasteiger partial charge is 0.492 e. The number of hydrogen-bond acceptors (Lipinski definition) is 8. The minimum atomic E-state index is -0.410. The summed E-state index contributed by atoms with van der Waals surface area (Å²) in [6, 6.07) is 18.1. The molecule has 1 N–H and O–H groups in total. The standard InChI is InChI=1S/C24H19N5O4S/c30-23-21(34-24-25-22(26-28(23)24)19-6-3-13-33-19)20(16-7-9-18(10-8-16)29(31)32)27-12-11-15-4-1-2-5-17(15)14-27/h1-10,13,20,30H,11-12,14H2/t20-/m0/s1. The molecule has 6 rings (SSSR count). The van der Waals surface area contributed by atoms with Gasteiger partial charge >= 0.3 is 0 Å². The smallest absolute Gasteiger partial charge is 0.269 e. The highest BCUT2D eigenvalue weighted by atomic mass is 32.1. The van der Waals surface area contributed by atoms with Crippen LogP contribution in [0.5, 0.6) is 5.88 Å². The predicted octanol–water partition coefficient (Wildman–Crippen LogP) is 4.81. The van der Waals surface area contributed by atoms with Crippen LogP contribution in [0.25, 0.3) is 16.5 Å². The minimum Gasteiger partial charge on any atom is -0.492 e. The van der Waals surface area contributed by atoms with E-state index >= 15 is 0 Å². The molecule has 170 valence electrons.